The van der Waals surface area contributed by atoms with E-state index in [0.717, 1.165) is 15.4 Å². The highest BCUT2D eigenvalue weighted by Gasteiger charge is 2.27. The van der Waals surface area contributed by atoms with Crippen LogP contribution in [0.4, 0.5) is 5.13 Å². The molecule has 4 nitrogen and oxygen atoms in total. The van der Waals surface area contributed by atoms with Crippen molar-refractivity contribution in [2.24, 2.45) is 0 Å². The highest BCUT2D eigenvalue weighted by Crippen LogP contribution is 2.42. The van der Waals surface area contributed by atoms with Crippen molar-refractivity contribution in [2.75, 3.05) is 5.32 Å². The van der Waals surface area contributed by atoms with E-state index in [1.54, 1.807) is 0 Å². The summed E-state index contributed by atoms with van der Waals surface area (Å²) in [5, 5.41) is 12.6. The van der Waals surface area contributed by atoms with Crippen molar-refractivity contribution >= 4 is 33.7 Å². The van der Waals surface area contributed by atoms with E-state index >= 15 is 0 Å². The lowest BCUT2D eigenvalue weighted by Gasteiger charge is -1.97. The first kappa shape index (κ1) is 13.6. The molecule has 1 N–H and O–H groups in total. The molecule has 1 amide bonds. The second-order valence-corrected chi connectivity index (χ2v) is 7.30. The summed E-state index contributed by atoms with van der Waals surface area (Å²) in [6.45, 7) is 0. The lowest BCUT2D eigenvalue weighted by atomic mass is 10.2. The summed E-state index contributed by atoms with van der Waals surface area (Å²) in [4.78, 5) is 14.1. The van der Waals surface area contributed by atoms with Crippen molar-refractivity contribution in [2.45, 2.75) is 18.8 Å². The number of carbonyl (C=O) groups is 1. The Morgan fingerprint density at radius 1 is 1.05 bits per heavy atom. The molecule has 0 spiro atoms. The molecule has 0 saturated heterocycles. The molecule has 0 aliphatic heterocycles. The Hall–Kier alpha value is -2.05. The van der Waals surface area contributed by atoms with Crippen molar-refractivity contribution in [3.05, 3.63) is 52.3 Å². The summed E-state index contributed by atoms with van der Waals surface area (Å²) < 4.78 is 0. The zero-order valence-corrected chi connectivity index (χ0v) is 13.3. The van der Waals surface area contributed by atoms with Crippen LogP contribution in [0.1, 0.15) is 33.4 Å². The van der Waals surface area contributed by atoms with Gasteiger partial charge in [-0.2, -0.15) is 0 Å². The molecule has 2 aromatic heterocycles. The minimum absolute atomic E-state index is 0.120. The fraction of sp³-hybridized carbons (Fsp3) is 0.188. The van der Waals surface area contributed by atoms with Crippen molar-refractivity contribution in [3.63, 3.8) is 0 Å². The van der Waals surface area contributed by atoms with Crippen LogP contribution in [0.25, 0.3) is 10.4 Å². The number of thiophene rings is 1. The van der Waals surface area contributed by atoms with Gasteiger partial charge in [-0.05, 0) is 30.5 Å². The average Bonchev–Trinajstić information content (AvgIpc) is 3.10. The molecule has 22 heavy (non-hydrogen) atoms. The van der Waals surface area contributed by atoms with Crippen LogP contribution in [0, 0.1) is 0 Å². The molecule has 1 aliphatic carbocycles. The second-order valence-electron chi connectivity index (χ2n) is 5.20. The predicted octanol–water partition coefficient (Wildman–Crippen LogP) is 4.40. The Kier molecular flexibility index (Phi) is 3.48. The fourth-order valence-electron chi connectivity index (χ4n) is 2.16. The van der Waals surface area contributed by atoms with Crippen LogP contribution < -0.4 is 5.32 Å². The van der Waals surface area contributed by atoms with Crippen LogP contribution in [0.15, 0.2) is 42.5 Å². The van der Waals surface area contributed by atoms with Gasteiger partial charge in [0, 0.05) is 10.8 Å². The number of nitrogens with zero attached hydrogens (tertiary/aromatic N) is 2. The van der Waals surface area contributed by atoms with E-state index in [4.69, 9.17) is 0 Å². The molecule has 0 unspecified atom stereocenters. The highest BCUT2D eigenvalue weighted by atomic mass is 32.1. The number of rotatable bonds is 4. The average molecular weight is 327 g/mol. The Morgan fingerprint density at radius 3 is 2.64 bits per heavy atom. The van der Waals surface area contributed by atoms with Gasteiger partial charge in [0.1, 0.15) is 5.01 Å². The molecule has 1 aromatic carbocycles. The van der Waals surface area contributed by atoms with Crippen LogP contribution in [0.5, 0.6) is 0 Å². The summed E-state index contributed by atoms with van der Waals surface area (Å²) >= 11 is 2.96. The summed E-state index contributed by atoms with van der Waals surface area (Å²) in [5.74, 6) is 0.445. The first-order valence-electron chi connectivity index (χ1n) is 7.09. The predicted molar refractivity (Wildman–Crippen MR) is 89.6 cm³/mol. The first-order valence-corrected chi connectivity index (χ1v) is 8.73. The Labute approximate surface area is 135 Å². The zero-order valence-electron chi connectivity index (χ0n) is 11.7. The van der Waals surface area contributed by atoms with E-state index in [-0.39, 0.29) is 5.91 Å². The highest BCUT2D eigenvalue weighted by molar-refractivity contribution is 7.18. The quantitative estimate of drug-likeness (QED) is 0.773. The maximum absolute atomic E-state index is 12.3. The van der Waals surface area contributed by atoms with Crippen LogP contribution in [-0.2, 0) is 0 Å². The smallest absolute Gasteiger partial charge is 0.267 e. The molecular weight excluding hydrogens is 314 g/mol. The number of carbonyl (C=O) groups excluding carboxylic acids is 1. The number of hydrogen-bond acceptors (Lipinski definition) is 5. The van der Waals surface area contributed by atoms with Gasteiger partial charge in [0.05, 0.1) is 4.88 Å². The zero-order chi connectivity index (χ0) is 14.9. The normalized spacial score (nSPS) is 14.0. The Balaban J connectivity index is 1.49. The molecule has 0 bridgehead atoms. The summed E-state index contributed by atoms with van der Waals surface area (Å²) in [6.07, 6.45) is 2.38. The van der Waals surface area contributed by atoms with Crippen LogP contribution in [0.2, 0.25) is 0 Å². The third kappa shape index (κ3) is 2.80. The van der Waals surface area contributed by atoms with E-state index in [0.29, 0.717) is 15.9 Å². The number of hydrogen-bond donors (Lipinski definition) is 1. The second kappa shape index (κ2) is 5.62. The first-order chi connectivity index (χ1) is 10.8. The maximum atomic E-state index is 12.3. The topological polar surface area (TPSA) is 54.9 Å². The number of benzene rings is 1. The summed E-state index contributed by atoms with van der Waals surface area (Å²) in [7, 11) is 0. The van der Waals surface area contributed by atoms with Gasteiger partial charge in [-0.25, -0.2) is 0 Å². The van der Waals surface area contributed by atoms with Crippen molar-refractivity contribution in [1.29, 1.82) is 0 Å². The van der Waals surface area contributed by atoms with Gasteiger partial charge in [-0.15, -0.1) is 21.5 Å². The van der Waals surface area contributed by atoms with E-state index in [9.17, 15) is 4.79 Å². The molecule has 110 valence electrons. The third-order valence-electron chi connectivity index (χ3n) is 3.48. The number of aromatic nitrogens is 2. The number of anilines is 1. The Bertz CT molecular complexity index is 806. The molecular formula is C16H13N3OS2. The molecule has 4 rings (SSSR count). The minimum Gasteiger partial charge on any atom is -0.296 e. The molecule has 6 heteroatoms. The summed E-state index contributed by atoms with van der Waals surface area (Å²) in [5.41, 5.74) is 1.12. The van der Waals surface area contributed by atoms with Gasteiger partial charge < -0.3 is 0 Å². The Morgan fingerprint density at radius 2 is 1.86 bits per heavy atom. The molecule has 1 fully saturated rings. The van der Waals surface area contributed by atoms with Gasteiger partial charge >= 0.3 is 0 Å². The molecule has 2 heterocycles. The van der Waals surface area contributed by atoms with Crippen molar-refractivity contribution in [1.82, 2.24) is 10.2 Å². The fourth-order valence-corrected chi connectivity index (χ4v) is 3.97. The van der Waals surface area contributed by atoms with Crippen molar-refractivity contribution in [3.8, 4) is 10.4 Å². The maximum Gasteiger partial charge on any atom is 0.267 e. The lowest BCUT2D eigenvalue weighted by molar-refractivity contribution is 0.103. The van der Waals surface area contributed by atoms with E-state index in [1.807, 2.05) is 42.5 Å². The van der Waals surface area contributed by atoms with Gasteiger partial charge in [0.25, 0.3) is 5.91 Å². The van der Waals surface area contributed by atoms with Crippen LogP contribution in [0.3, 0.4) is 0 Å². The largest absolute Gasteiger partial charge is 0.296 e. The van der Waals surface area contributed by atoms with Crippen molar-refractivity contribution < 1.29 is 4.79 Å². The van der Waals surface area contributed by atoms with Crippen LogP contribution >= 0.6 is 22.7 Å². The third-order valence-corrected chi connectivity index (χ3v) is 5.61. The summed E-state index contributed by atoms with van der Waals surface area (Å²) in [6, 6.07) is 13.9. The monoisotopic (exact) mass is 327 g/mol. The van der Waals surface area contributed by atoms with Gasteiger partial charge in [0.2, 0.25) is 5.13 Å². The van der Waals surface area contributed by atoms with Crippen LogP contribution in [-0.4, -0.2) is 16.1 Å². The number of amides is 1. The molecule has 1 saturated carbocycles. The molecule has 3 aromatic rings. The van der Waals surface area contributed by atoms with Gasteiger partial charge in [-0.1, -0.05) is 41.7 Å². The number of nitrogens with one attached hydrogen (secondary N) is 1. The van der Waals surface area contributed by atoms with E-state index in [2.05, 4.69) is 15.5 Å². The molecule has 0 radical (unpaired) electrons. The van der Waals surface area contributed by atoms with Gasteiger partial charge in [0.15, 0.2) is 0 Å². The molecule has 0 atom stereocenters. The molecule has 1 aliphatic rings. The lowest BCUT2D eigenvalue weighted by Crippen LogP contribution is -2.09. The van der Waals surface area contributed by atoms with Gasteiger partial charge in [-0.3, -0.25) is 10.1 Å². The minimum atomic E-state index is -0.120. The SMILES string of the molecule is O=C(Nc1nnc(C2CC2)s1)c1ccc(-c2ccccc2)s1. The van der Waals surface area contributed by atoms with E-state index < -0.39 is 0 Å². The standard InChI is InChI=1S/C16H13N3OS2/c20-14(17-16-19-18-15(22-16)11-6-7-11)13-9-8-12(21-13)10-4-2-1-3-5-10/h1-5,8-9,11H,6-7H2,(H,17,19,20). The van der Waals surface area contributed by atoms with E-state index in [1.165, 1.54) is 35.5 Å².